The maximum atomic E-state index is 4.53. The molecule has 2 aromatic carbocycles. The van der Waals surface area contributed by atoms with Gasteiger partial charge in [-0.15, -0.1) is 0 Å². The number of fused-ring (bicyclic) bond motifs is 1. The van der Waals surface area contributed by atoms with E-state index in [-0.39, 0.29) is 0 Å². The minimum absolute atomic E-state index is 0.928. The summed E-state index contributed by atoms with van der Waals surface area (Å²) in [6.07, 6.45) is 0. The van der Waals surface area contributed by atoms with Gasteiger partial charge in [0.15, 0.2) is 0 Å². The number of hydrogen-bond acceptors (Lipinski definition) is 2. The van der Waals surface area contributed by atoms with Crippen LogP contribution in [0.4, 0.5) is 0 Å². The molecule has 4 heteroatoms. The Hall–Kier alpha value is -2.62. The van der Waals surface area contributed by atoms with E-state index in [4.69, 9.17) is 0 Å². The summed E-state index contributed by atoms with van der Waals surface area (Å²) in [7, 11) is 1.78. The van der Waals surface area contributed by atoms with Crippen molar-refractivity contribution in [2.75, 3.05) is 13.6 Å². The summed E-state index contributed by atoms with van der Waals surface area (Å²) in [6, 6.07) is 18.2. The van der Waals surface area contributed by atoms with E-state index in [0.29, 0.717) is 0 Å². The molecule has 0 atom stereocenters. The largest absolute Gasteiger partial charge is 0.374 e. The highest BCUT2D eigenvalue weighted by molar-refractivity contribution is 5.79. The van der Waals surface area contributed by atoms with Crippen LogP contribution in [-0.2, 0) is 0 Å². The van der Waals surface area contributed by atoms with Gasteiger partial charge in [-0.05, 0) is 26.0 Å². The lowest BCUT2D eigenvalue weighted by molar-refractivity contribution is 0.956. The molecule has 0 saturated heterocycles. The molecule has 0 fully saturated rings. The monoisotopic (exact) mass is 294 g/mol. The molecule has 2 N–H and O–H groups in total. The van der Waals surface area contributed by atoms with Crippen LogP contribution in [0.5, 0.6) is 0 Å². The zero-order valence-corrected chi connectivity index (χ0v) is 13.3. The van der Waals surface area contributed by atoms with E-state index in [9.17, 15) is 0 Å². The third-order valence-electron chi connectivity index (χ3n) is 3.20. The zero-order valence-electron chi connectivity index (χ0n) is 13.3. The standard InChI is InChI=1S/C13H10N2.C5H12N2/c1-2-6-10(7-3-1)13-14-11-8-4-5-9-12(11)15-13;1-4-7-5(2)6-3/h1-9H,(H,14,15);4H2,1-3H3,(H,6,7). The van der Waals surface area contributed by atoms with Crippen molar-refractivity contribution in [3.05, 3.63) is 54.6 Å². The van der Waals surface area contributed by atoms with Crippen LogP contribution in [0.15, 0.2) is 59.6 Å². The van der Waals surface area contributed by atoms with Crippen LogP contribution >= 0.6 is 0 Å². The van der Waals surface area contributed by atoms with Crippen molar-refractivity contribution in [2.45, 2.75) is 13.8 Å². The molecule has 0 unspecified atom stereocenters. The number of aliphatic imine (C=N–C) groups is 1. The molecule has 0 aliphatic heterocycles. The SMILES string of the molecule is CCNC(C)=NC.c1ccc(-c2nc3ccccc3[nH]2)cc1. The Bertz CT molecular complexity index is 696. The second-order valence-corrected chi connectivity index (χ2v) is 4.81. The Balaban J connectivity index is 0.000000217. The number of nitrogens with one attached hydrogen (secondary N) is 2. The van der Waals surface area contributed by atoms with Gasteiger partial charge in [-0.3, -0.25) is 4.99 Å². The minimum Gasteiger partial charge on any atom is -0.374 e. The van der Waals surface area contributed by atoms with Gasteiger partial charge in [0, 0.05) is 19.2 Å². The quantitative estimate of drug-likeness (QED) is 0.557. The van der Waals surface area contributed by atoms with E-state index in [1.165, 1.54) is 0 Å². The summed E-state index contributed by atoms with van der Waals surface area (Å²) in [5, 5.41) is 3.05. The average molecular weight is 294 g/mol. The van der Waals surface area contributed by atoms with Gasteiger partial charge >= 0.3 is 0 Å². The van der Waals surface area contributed by atoms with E-state index in [1.807, 2.05) is 49.4 Å². The summed E-state index contributed by atoms with van der Waals surface area (Å²) < 4.78 is 0. The lowest BCUT2D eigenvalue weighted by Gasteiger charge is -1.96. The number of aromatic nitrogens is 2. The molecule has 22 heavy (non-hydrogen) atoms. The topological polar surface area (TPSA) is 53.1 Å². The maximum Gasteiger partial charge on any atom is 0.138 e. The highest BCUT2D eigenvalue weighted by Crippen LogP contribution is 2.19. The van der Waals surface area contributed by atoms with E-state index < -0.39 is 0 Å². The van der Waals surface area contributed by atoms with E-state index >= 15 is 0 Å². The number of H-pyrrole nitrogens is 1. The second-order valence-electron chi connectivity index (χ2n) is 4.81. The summed E-state index contributed by atoms with van der Waals surface area (Å²) in [5.41, 5.74) is 3.21. The Morgan fingerprint density at radius 3 is 2.36 bits per heavy atom. The lowest BCUT2D eigenvalue weighted by Crippen LogP contribution is -2.18. The molecule has 1 heterocycles. The first-order valence-electron chi connectivity index (χ1n) is 7.42. The van der Waals surface area contributed by atoms with Gasteiger partial charge in [0.2, 0.25) is 0 Å². The molecule has 0 bridgehead atoms. The molecule has 0 amide bonds. The number of rotatable bonds is 2. The van der Waals surface area contributed by atoms with E-state index in [2.05, 4.69) is 39.3 Å². The lowest BCUT2D eigenvalue weighted by atomic mass is 10.2. The number of hydrogen-bond donors (Lipinski definition) is 2. The van der Waals surface area contributed by atoms with Crippen molar-refractivity contribution in [1.82, 2.24) is 15.3 Å². The van der Waals surface area contributed by atoms with Crippen molar-refractivity contribution in [3.63, 3.8) is 0 Å². The molecule has 0 aliphatic carbocycles. The highest BCUT2D eigenvalue weighted by atomic mass is 15.0. The van der Waals surface area contributed by atoms with Crippen LogP contribution in [0, 0.1) is 0 Å². The molecule has 0 spiro atoms. The Kier molecular flexibility index (Phi) is 5.72. The van der Waals surface area contributed by atoms with Crippen LogP contribution in [0.25, 0.3) is 22.4 Å². The number of aromatic amines is 1. The van der Waals surface area contributed by atoms with Gasteiger partial charge in [0.25, 0.3) is 0 Å². The molecule has 114 valence electrons. The summed E-state index contributed by atoms with van der Waals surface area (Å²) >= 11 is 0. The number of amidine groups is 1. The first-order chi connectivity index (χ1) is 10.7. The maximum absolute atomic E-state index is 4.53. The summed E-state index contributed by atoms with van der Waals surface area (Å²) in [5.74, 6) is 1.93. The number of imidazole rings is 1. The van der Waals surface area contributed by atoms with Crippen LogP contribution in [0.2, 0.25) is 0 Å². The molecule has 3 rings (SSSR count). The van der Waals surface area contributed by atoms with Crippen molar-refractivity contribution < 1.29 is 0 Å². The van der Waals surface area contributed by atoms with Gasteiger partial charge in [-0.1, -0.05) is 42.5 Å². The fraction of sp³-hybridized carbons (Fsp3) is 0.222. The third-order valence-corrected chi connectivity index (χ3v) is 3.20. The fourth-order valence-electron chi connectivity index (χ4n) is 2.02. The first-order valence-corrected chi connectivity index (χ1v) is 7.42. The zero-order chi connectivity index (χ0) is 15.8. The average Bonchev–Trinajstić information content (AvgIpc) is 3.00. The molecular weight excluding hydrogens is 272 g/mol. The van der Waals surface area contributed by atoms with E-state index in [0.717, 1.165) is 34.8 Å². The normalized spacial score (nSPS) is 11.0. The second kappa shape index (κ2) is 7.98. The molecular formula is C18H22N4. The Morgan fingerprint density at radius 1 is 1.09 bits per heavy atom. The van der Waals surface area contributed by atoms with Crippen LogP contribution < -0.4 is 5.32 Å². The van der Waals surface area contributed by atoms with Gasteiger partial charge in [0.05, 0.1) is 16.9 Å². The molecule has 0 saturated carbocycles. The van der Waals surface area contributed by atoms with Crippen molar-refractivity contribution in [1.29, 1.82) is 0 Å². The third kappa shape index (κ3) is 4.19. The number of nitrogens with zero attached hydrogens (tertiary/aromatic N) is 2. The molecule has 3 aromatic rings. The Labute approximate surface area is 131 Å². The summed E-state index contributed by atoms with van der Waals surface area (Å²) in [6.45, 7) is 4.96. The van der Waals surface area contributed by atoms with Gasteiger partial charge in [0.1, 0.15) is 5.82 Å². The van der Waals surface area contributed by atoms with Crippen molar-refractivity contribution in [3.8, 4) is 11.4 Å². The first kappa shape index (κ1) is 15.8. The molecule has 0 radical (unpaired) electrons. The predicted octanol–water partition coefficient (Wildman–Crippen LogP) is 3.87. The smallest absolute Gasteiger partial charge is 0.138 e. The van der Waals surface area contributed by atoms with Crippen LogP contribution in [-0.4, -0.2) is 29.4 Å². The van der Waals surface area contributed by atoms with Crippen molar-refractivity contribution in [2.24, 2.45) is 4.99 Å². The Morgan fingerprint density at radius 2 is 1.77 bits per heavy atom. The van der Waals surface area contributed by atoms with E-state index in [1.54, 1.807) is 7.05 Å². The van der Waals surface area contributed by atoms with Crippen LogP contribution in [0.1, 0.15) is 13.8 Å². The van der Waals surface area contributed by atoms with Gasteiger partial charge in [-0.2, -0.15) is 0 Å². The van der Waals surface area contributed by atoms with Gasteiger partial charge < -0.3 is 10.3 Å². The molecule has 4 nitrogen and oxygen atoms in total. The van der Waals surface area contributed by atoms with Crippen LogP contribution in [0.3, 0.4) is 0 Å². The molecule has 1 aromatic heterocycles. The highest BCUT2D eigenvalue weighted by Gasteiger charge is 2.02. The minimum atomic E-state index is 0.928. The molecule has 0 aliphatic rings. The fourth-order valence-corrected chi connectivity index (χ4v) is 2.02. The number of para-hydroxylation sites is 2. The number of benzene rings is 2. The van der Waals surface area contributed by atoms with Gasteiger partial charge in [-0.25, -0.2) is 4.98 Å². The predicted molar refractivity (Wildman–Crippen MR) is 94.2 cm³/mol. The summed E-state index contributed by atoms with van der Waals surface area (Å²) in [4.78, 5) is 11.7. The van der Waals surface area contributed by atoms with Crippen molar-refractivity contribution >= 4 is 16.9 Å².